The third kappa shape index (κ3) is 4.66. The van der Waals surface area contributed by atoms with Crippen molar-refractivity contribution in [2.24, 2.45) is 0 Å². The fourth-order valence-electron chi connectivity index (χ4n) is 2.56. The zero-order valence-electron chi connectivity index (χ0n) is 13.1. The van der Waals surface area contributed by atoms with Crippen molar-refractivity contribution in [3.63, 3.8) is 0 Å². The molecule has 2 rings (SSSR count). The summed E-state index contributed by atoms with van der Waals surface area (Å²) >= 11 is 0. The Morgan fingerprint density at radius 2 is 2.33 bits per heavy atom. The number of halogens is 1. The van der Waals surface area contributed by atoms with Crippen LogP contribution < -0.4 is 10.1 Å². The maximum Gasteiger partial charge on any atom is 0.124 e. The molecule has 0 aliphatic carbocycles. The van der Waals surface area contributed by atoms with Gasteiger partial charge in [0.15, 0.2) is 0 Å². The van der Waals surface area contributed by atoms with Gasteiger partial charge in [0.25, 0.3) is 0 Å². The predicted molar refractivity (Wildman–Crippen MR) is 81.2 cm³/mol. The van der Waals surface area contributed by atoms with E-state index in [9.17, 15) is 4.39 Å². The Labute approximate surface area is 126 Å². The molecule has 1 aromatic rings. The van der Waals surface area contributed by atoms with Crippen molar-refractivity contribution in [2.75, 3.05) is 39.9 Å². The van der Waals surface area contributed by atoms with Crippen molar-refractivity contribution < 1.29 is 13.9 Å². The second-order valence-corrected chi connectivity index (χ2v) is 5.53. The standard InChI is InChI=1S/C16H25FN2O2/c1-4-18-12(2)15-9-13(17)5-6-16(15)21-11-14-10-19(3)7-8-20-14/h5-6,9,12,14,18H,4,7-8,10-11H2,1-3H3. The largest absolute Gasteiger partial charge is 0.490 e. The summed E-state index contributed by atoms with van der Waals surface area (Å²) in [5.41, 5.74) is 0.848. The van der Waals surface area contributed by atoms with E-state index in [0.717, 1.165) is 37.6 Å². The van der Waals surface area contributed by atoms with Crippen molar-refractivity contribution in [1.82, 2.24) is 10.2 Å². The lowest BCUT2D eigenvalue weighted by Gasteiger charge is -2.30. The molecule has 1 N–H and O–H groups in total. The van der Waals surface area contributed by atoms with Gasteiger partial charge in [-0.1, -0.05) is 6.92 Å². The number of benzene rings is 1. The molecule has 1 aromatic carbocycles. The lowest BCUT2D eigenvalue weighted by molar-refractivity contribution is -0.0405. The Kier molecular flexibility index (Phi) is 5.96. The minimum absolute atomic E-state index is 0.0515. The Hall–Kier alpha value is -1.17. The second kappa shape index (κ2) is 7.73. The van der Waals surface area contributed by atoms with Crippen LogP contribution in [0.15, 0.2) is 18.2 Å². The fraction of sp³-hybridized carbons (Fsp3) is 0.625. The molecule has 0 amide bonds. The first-order chi connectivity index (χ1) is 10.1. The van der Waals surface area contributed by atoms with Crippen LogP contribution >= 0.6 is 0 Å². The first kappa shape index (κ1) is 16.2. The van der Waals surface area contributed by atoms with E-state index in [2.05, 4.69) is 17.3 Å². The van der Waals surface area contributed by atoms with E-state index < -0.39 is 0 Å². The molecule has 1 saturated heterocycles. The van der Waals surface area contributed by atoms with E-state index in [1.165, 1.54) is 12.1 Å². The van der Waals surface area contributed by atoms with Gasteiger partial charge in [0.05, 0.1) is 6.61 Å². The number of rotatable bonds is 6. The smallest absolute Gasteiger partial charge is 0.124 e. The molecule has 2 unspecified atom stereocenters. The van der Waals surface area contributed by atoms with Crippen molar-refractivity contribution >= 4 is 0 Å². The summed E-state index contributed by atoms with van der Waals surface area (Å²) < 4.78 is 25.1. The second-order valence-electron chi connectivity index (χ2n) is 5.53. The van der Waals surface area contributed by atoms with Gasteiger partial charge in [0.1, 0.15) is 24.3 Å². The van der Waals surface area contributed by atoms with E-state index in [1.807, 2.05) is 13.8 Å². The zero-order valence-corrected chi connectivity index (χ0v) is 13.1. The maximum absolute atomic E-state index is 13.5. The highest BCUT2D eigenvalue weighted by Crippen LogP contribution is 2.26. The van der Waals surface area contributed by atoms with Crippen LogP contribution in [0.2, 0.25) is 0 Å². The highest BCUT2D eigenvalue weighted by Gasteiger charge is 2.19. The molecule has 0 radical (unpaired) electrons. The first-order valence-electron chi connectivity index (χ1n) is 7.56. The summed E-state index contributed by atoms with van der Waals surface area (Å²) in [6.45, 7) is 7.90. The number of nitrogens with one attached hydrogen (secondary N) is 1. The summed E-state index contributed by atoms with van der Waals surface area (Å²) in [6.07, 6.45) is 0.0658. The molecule has 0 aromatic heterocycles. The van der Waals surface area contributed by atoms with Gasteiger partial charge in [-0.25, -0.2) is 4.39 Å². The molecule has 0 bridgehead atoms. The molecule has 1 aliphatic heterocycles. The molecule has 0 spiro atoms. The SMILES string of the molecule is CCNC(C)c1cc(F)ccc1OCC1CN(C)CCO1. The minimum Gasteiger partial charge on any atom is -0.490 e. The Morgan fingerprint density at radius 3 is 3.05 bits per heavy atom. The molecule has 0 saturated carbocycles. The topological polar surface area (TPSA) is 33.7 Å². The van der Waals surface area contributed by atoms with Crippen molar-refractivity contribution in [3.8, 4) is 5.75 Å². The predicted octanol–water partition coefficient (Wildman–Crippen LogP) is 2.21. The van der Waals surface area contributed by atoms with Crippen LogP contribution in [0.3, 0.4) is 0 Å². The van der Waals surface area contributed by atoms with Gasteiger partial charge in [-0.05, 0) is 38.7 Å². The number of morpholine rings is 1. The van der Waals surface area contributed by atoms with Crippen LogP contribution in [-0.2, 0) is 4.74 Å². The van der Waals surface area contributed by atoms with Crippen LogP contribution in [0.25, 0.3) is 0 Å². The zero-order chi connectivity index (χ0) is 15.2. The van der Waals surface area contributed by atoms with Gasteiger partial charge in [0.2, 0.25) is 0 Å². The minimum atomic E-state index is -0.240. The van der Waals surface area contributed by atoms with Crippen molar-refractivity contribution in [1.29, 1.82) is 0 Å². The average Bonchev–Trinajstić information content (AvgIpc) is 2.46. The summed E-state index contributed by atoms with van der Waals surface area (Å²) in [6, 6.07) is 4.73. The van der Waals surface area contributed by atoms with Gasteiger partial charge < -0.3 is 19.7 Å². The van der Waals surface area contributed by atoms with E-state index in [1.54, 1.807) is 6.07 Å². The normalized spacial score (nSPS) is 21.2. The Balaban J connectivity index is 2.01. The molecule has 21 heavy (non-hydrogen) atoms. The van der Waals surface area contributed by atoms with Gasteiger partial charge in [-0.3, -0.25) is 0 Å². The third-order valence-electron chi connectivity index (χ3n) is 3.72. The molecule has 2 atom stereocenters. The summed E-state index contributed by atoms with van der Waals surface area (Å²) in [7, 11) is 2.08. The van der Waals surface area contributed by atoms with E-state index in [-0.39, 0.29) is 18.0 Å². The van der Waals surface area contributed by atoms with Gasteiger partial charge in [0, 0.05) is 24.7 Å². The lowest BCUT2D eigenvalue weighted by atomic mass is 10.1. The Morgan fingerprint density at radius 1 is 1.52 bits per heavy atom. The Bertz CT molecular complexity index is 456. The number of hydrogen-bond acceptors (Lipinski definition) is 4. The molecular weight excluding hydrogens is 271 g/mol. The molecule has 1 fully saturated rings. The highest BCUT2D eigenvalue weighted by molar-refractivity contribution is 5.36. The van der Waals surface area contributed by atoms with Gasteiger partial charge in [-0.2, -0.15) is 0 Å². The summed E-state index contributed by atoms with van der Waals surface area (Å²) in [4.78, 5) is 2.23. The highest BCUT2D eigenvalue weighted by atomic mass is 19.1. The van der Waals surface area contributed by atoms with Crippen LogP contribution in [0, 0.1) is 5.82 Å². The van der Waals surface area contributed by atoms with Crippen molar-refractivity contribution in [2.45, 2.75) is 26.0 Å². The van der Waals surface area contributed by atoms with E-state index >= 15 is 0 Å². The van der Waals surface area contributed by atoms with Crippen LogP contribution in [0.5, 0.6) is 5.75 Å². The number of ether oxygens (including phenoxy) is 2. The molecule has 1 heterocycles. The maximum atomic E-state index is 13.5. The van der Waals surface area contributed by atoms with Crippen LogP contribution in [0.4, 0.5) is 4.39 Å². The monoisotopic (exact) mass is 296 g/mol. The molecule has 1 aliphatic rings. The quantitative estimate of drug-likeness (QED) is 0.872. The average molecular weight is 296 g/mol. The molecule has 118 valence electrons. The molecule has 5 heteroatoms. The summed E-state index contributed by atoms with van der Waals surface area (Å²) in [5, 5.41) is 3.29. The van der Waals surface area contributed by atoms with Crippen LogP contribution in [-0.4, -0.2) is 50.9 Å². The van der Waals surface area contributed by atoms with Gasteiger partial charge >= 0.3 is 0 Å². The number of hydrogen-bond donors (Lipinski definition) is 1. The molecule has 4 nitrogen and oxygen atoms in total. The molecular formula is C16H25FN2O2. The first-order valence-corrected chi connectivity index (χ1v) is 7.56. The van der Waals surface area contributed by atoms with Crippen LogP contribution in [0.1, 0.15) is 25.5 Å². The number of nitrogens with zero attached hydrogens (tertiary/aromatic N) is 1. The number of likely N-dealkylation sites (N-methyl/N-ethyl adjacent to an activating group) is 1. The van der Waals surface area contributed by atoms with E-state index in [0.29, 0.717) is 6.61 Å². The fourth-order valence-corrected chi connectivity index (χ4v) is 2.56. The lowest BCUT2D eigenvalue weighted by Crippen LogP contribution is -2.42. The summed E-state index contributed by atoms with van der Waals surface area (Å²) in [5.74, 6) is 0.484. The third-order valence-corrected chi connectivity index (χ3v) is 3.72. The van der Waals surface area contributed by atoms with E-state index in [4.69, 9.17) is 9.47 Å². The van der Waals surface area contributed by atoms with Crippen molar-refractivity contribution in [3.05, 3.63) is 29.6 Å². The van der Waals surface area contributed by atoms with Gasteiger partial charge in [-0.15, -0.1) is 0 Å².